The van der Waals surface area contributed by atoms with Crippen LogP contribution < -0.4 is 0 Å². The summed E-state index contributed by atoms with van der Waals surface area (Å²) < 4.78 is 18.4. The molecule has 1 fully saturated rings. The Morgan fingerprint density at radius 2 is 1.26 bits per heavy atom. The van der Waals surface area contributed by atoms with E-state index in [2.05, 4.69) is 59.0 Å². The highest BCUT2D eigenvalue weighted by Crippen LogP contribution is 2.41. The lowest BCUT2D eigenvalue weighted by Gasteiger charge is -2.43. The van der Waals surface area contributed by atoms with Crippen molar-refractivity contribution in [3.63, 3.8) is 0 Å². The van der Waals surface area contributed by atoms with Crippen molar-refractivity contribution in [2.75, 3.05) is 6.61 Å². The molecule has 1 heterocycles. The van der Waals surface area contributed by atoms with Gasteiger partial charge in [0.05, 0.1) is 22.7 Å². The summed E-state index contributed by atoms with van der Waals surface area (Å²) in [5.41, 5.74) is 2.08. The van der Waals surface area contributed by atoms with Gasteiger partial charge in [-0.2, -0.15) is 0 Å². The van der Waals surface area contributed by atoms with Crippen LogP contribution in [0, 0.1) is 0 Å². The fourth-order valence-corrected chi connectivity index (χ4v) is 5.45. The molecule has 3 aromatic carbocycles. The Kier molecular flexibility index (Phi) is 8.39. The molecule has 0 saturated carbocycles. The Labute approximate surface area is 214 Å². The van der Waals surface area contributed by atoms with E-state index in [4.69, 9.17) is 14.2 Å². The van der Waals surface area contributed by atoms with Crippen LogP contribution in [-0.2, 0) is 19.8 Å². The van der Waals surface area contributed by atoms with E-state index in [0.29, 0.717) is 0 Å². The van der Waals surface area contributed by atoms with Gasteiger partial charge in [0, 0.05) is 0 Å². The van der Waals surface area contributed by atoms with E-state index >= 15 is 0 Å². The summed E-state index contributed by atoms with van der Waals surface area (Å²) in [5, 5.41) is 20.9. The Morgan fingerprint density at radius 3 is 1.68 bits per heavy atom. The van der Waals surface area contributed by atoms with Crippen LogP contribution in [0.25, 0.3) is 0 Å². The number of alkyl halides is 1. The highest BCUT2D eigenvalue weighted by atomic mass is 127. The molecular formula is C28H31IO5. The first-order valence-electron chi connectivity index (χ1n) is 11.5. The lowest BCUT2D eigenvalue weighted by molar-refractivity contribution is -0.263. The molecule has 0 aliphatic carbocycles. The maximum absolute atomic E-state index is 10.5. The normalized spacial score (nSPS) is 25.4. The molecule has 3 aromatic rings. The van der Waals surface area contributed by atoms with Gasteiger partial charge in [-0.05, 0) is 30.5 Å². The van der Waals surface area contributed by atoms with Gasteiger partial charge in [0.15, 0.2) is 6.29 Å². The second kappa shape index (κ2) is 11.3. The molecule has 0 aromatic heterocycles. The molecule has 4 rings (SSSR count). The summed E-state index contributed by atoms with van der Waals surface area (Å²) in [6, 6.07) is 30.4. The average molecular weight is 574 g/mol. The average Bonchev–Trinajstić information content (AvgIpc) is 2.87. The number of ether oxygens (including phenoxy) is 3. The Morgan fingerprint density at radius 1 is 0.824 bits per heavy atom. The Balaban J connectivity index is 1.74. The van der Waals surface area contributed by atoms with Gasteiger partial charge in [0.1, 0.15) is 17.8 Å². The van der Waals surface area contributed by atoms with Gasteiger partial charge in [0.25, 0.3) is 0 Å². The van der Waals surface area contributed by atoms with Crippen molar-refractivity contribution < 1.29 is 24.4 Å². The van der Waals surface area contributed by atoms with E-state index in [1.54, 1.807) is 0 Å². The van der Waals surface area contributed by atoms with Gasteiger partial charge in [-0.1, -0.05) is 114 Å². The van der Waals surface area contributed by atoms with Crippen molar-refractivity contribution in [3.05, 3.63) is 108 Å². The summed E-state index contributed by atoms with van der Waals surface area (Å²) in [6.07, 6.45) is -3.62. The van der Waals surface area contributed by atoms with E-state index in [1.165, 1.54) is 0 Å². The summed E-state index contributed by atoms with van der Waals surface area (Å²) in [5.74, 6) is 0. The first-order chi connectivity index (χ1) is 16.4. The number of aliphatic hydroxyl groups excluding tert-OH is 2. The fourth-order valence-electron chi connectivity index (χ4n) is 4.47. The van der Waals surface area contributed by atoms with Crippen LogP contribution in [0.2, 0.25) is 0 Å². The van der Waals surface area contributed by atoms with Crippen molar-refractivity contribution in [1.29, 1.82) is 0 Å². The van der Waals surface area contributed by atoms with Crippen molar-refractivity contribution in [3.8, 4) is 0 Å². The molecule has 0 bridgehead atoms. The maximum Gasteiger partial charge on any atom is 0.183 e. The van der Waals surface area contributed by atoms with Gasteiger partial charge in [-0.3, -0.25) is 0 Å². The molecule has 1 unspecified atom stereocenters. The Bertz CT molecular complexity index is 918. The van der Waals surface area contributed by atoms with Crippen LogP contribution in [0.3, 0.4) is 0 Å². The van der Waals surface area contributed by atoms with Gasteiger partial charge < -0.3 is 24.4 Å². The lowest BCUT2D eigenvalue weighted by atomic mass is 9.80. The first kappa shape index (κ1) is 25.3. The molecule has 0 spiro atoms. The van der Waals surface area contributed by atoms with E-state index in [0.717, 1.165) is 16.7 Å². The van der Waals surface area contributed by atoms with Crippen LogP contribution in [0.15, 0.2) is 91.0 Å². The first-order valence-corrected chi connectivity index (χ1v) is 12.8. The third-order valence-electron chi connectivity index (χ3n) is 6.05. The van der Waals surface area contributed by atoms with Crippen molar-refractivity contribution >= 4 is 22.6 Å². The molecule has 5 nitrogen and oxygen atoms in total. The zero-order chi connectivity index (χ0) is 24.1. The van der Waals surface area contributed by atoms with E-state index < -0.39 is 30.2 Å². The molecule has 6 heteroatoms. The second-order valence-corrected chi connectivity index (χ2v) is 10.2. The number of rotatable bonds is 8. The summed E-state index contributed by atoms with van der Waals surface area (Å²) in [4.78, 5) is 0. The quantitative estimate of drug-likeness (QED) is 0.233. The lowest BCUT2D eigenvalue weighted by Crippen LogP contribution is -2.58. The van der Waals surface area contributed by atoms with E-state index in [9.17, 15) is 10.2 Å². The van der Waals surface area contributed by atoms with Gasteiger partial charge in [-0.15, -0.1) is 0 Å². The molecule has 1 aliphatic rings. The highest BCUT2D eigenvalue weighted by Gasteiger charge is 2.46. The Hall–Kier alpha value is -1.81. The molecule has 180 valence electrons. The third-order valence-corrected chi connectivity index (χ3v) is 7.56. The maximum atomic E-state index is 10.5. The molecule has 2 N–H and O–H groups in total. The van der Waals surface area contributed by atoms with E-state index in [1.807, 2.05) is 68.4 Å². The number of benzene rings is 3. The largest absolute Gasteiger partial charge is 0.385 e. The molecule has 1 saturated heterocycles. The van der Waals surface area contributed by atoms with Gasteiger partial charge >= 0.3 is 0 Å². The smallest absolute Gasteiger partial charge is 0.183 e. The molecule has 5 atom stereocenters. The zero-order valence-electron chi connectivity index (χ0n) is 19.3. The van der Waals surface area contributed by atoms with Gasteiger partial charge in [-0.25, -0.2) is 0 Å². The minimum atomic E-state index is -1.34. The van der Waals surface area contributed by atoms with Gasteiger partial charge in [0.2, 0.25) is 0 Å². The van der Waals surface area contributed by atoms with Crippen molar-refractivity contribution in [1.82, 2.24) is 0 Å². The number of hydrogen-bond acceptors (Lipinski definition) is 5. The van der Waals surface area contributed by atoms with Crippen LogP contribution in [0.1, 0.15) is 30.5 Å². The van der Waals surface area contributed by atoms with Crippen LogP contribution >= 0.6 is 22.6 Å². The molecule has 34 heavy (non-hydrogen) atoms. The van der Waals surface area contributed by atoms with Crippen LogP contribution in [0.5, 0.6) is 0 Å². The second-order valence-electron chi connectivity index (χ2n) is 8.74. The molecule has 1 aliphatic heterocycles. The predicted octanol–water partition coefficient (Wildman–Crippen LogP) is 4.67. The minimum Gasteiger partial charge on any atom is -0.385 e. The third kappa shape index (κ3) is 5.22. The fraction of sp³-hybridized carbons (Fsp3) is 0.357. The van der Waals surface area contributed by atoms with Crippen molar-refractivity contribution in [2.24, 2.45) is 0 Å². The minimum absolute atomic E-state index is 0.0965. The SMILES string of the molecule is CC(C)O[C@H]1C(O)[C@H](O)O[C@@H](COC(c2ccccc2)(c2ccccc2)c2ccccc2)[C@@H]1I. The summed E-state index contributed by atoms with van der Waals surface area (Å²) in [7, 11) is 0. The molecule has 0 radical (unpaired) electrons. The number of halogens is 1. The van der Waals surface area contributed by atoms with E-state index in [-0.39, 0.29) is 16.6 Å². The molecule has 0 amide bonds. The predicted molar refractivity (Wildman–Crippen MR) is 140 cm³/mol. The summed E-state index contributed by atoms with van der Waals surface area (Å²) in [6.45, 7) is 4.01. The number of aliphatic hydroxyl groups is 2. The highest BCUT2D eigenvalue weighted by molar-refractivity contribution is 14.1. The summed E-state index contributed by atoms with van der Waals surface area (Å²) >= 11 is 2.23. The molecular weight excluding hydrogens is 543 g/mol. The van der Waals surface area contributed by atoms with Crippen LogP contribution in [-0.4, -0.2) is 51.5 Å². The number of hydrogen-bond donors (Lipinski definition) is 2. The zero-order valence-corrected chi connectivity index (χ0v) is 21.5. The monoisotopic (exact) mass is 574 g/mol. The van der Waals surface area contributed by atoms with Crippen molar-refractivity contribution in [2.45, 2.75) is 54.1 Å². The topological polar surface area (TPSA) is 68.2 Å². The van der Waals surface area contributed by atoms with Crippen LogP contribution in [0.4, 0.5) is 0 Å². The standard InChI is InChI=1S/C28H31IO5/c1-19(2)33-26-24(29)23(34-27(31)25(26)30)18-32-28(20-12-6-3-7-13-20,21-14-8-4-9-15-21)22-16-10-5-11-17-22/h3-17,19,23-27,30-31H,18H2,1-2H3/t23-,24-,25?,26+,27+/m0/s1.